The van der Waals surface area contributed by atoms with Gasteiger partial charge in [0.15, 0.2) is 0 Å². The third-order valence-electron chi connectivity index (χ3n) is 2.54. The lowest BCUT2D eigenvalue weighted by Gasteiger charge is -2.17. The van der Waals surface area contributed by atoms with Gasteiger partial charge in [-0.2, -0.15) is 0 Å². The van der Waals surface area contributed by atoms with Crippen molar-refractivity contribution in [1.29, 1.82) is 0 Å². The molecule has 1 aromatic rings. The summed E-state index contributed by atoms with van der Waals surface area (Å²) in [5, 5.41) is 3.21. The standard InChI is InChI=1S/C12H20N4O/c1-2-3-5-9(8-13)15-11-7-4-6-10(16-11)12(14)17/h4,6-7,9H,2-3,5,8,13H2,1H3,(H2,14,17)(H,15,16). The first-order valence-electron chi connectivity index (χ1n) is 5.90. The van der Waals surface area contributed by atoms with Gasteiger partial charge in [0.05, 0.1) is 0 Å². The molecule has 0 saturated carbocycles. The molecule has 94 valence electrons. The Hall–Kier alpha value is -1.62. The maximum atomic E-state index is 11.0. The lowest BCUT2D eigenvalue weighted by atomic mass is 10.1. The minimum absolute atomic E-state index is 0.186. The van der Waals surface area contributed by atoms with Gasteiger partial charge in [-0.1, -0.05) is 25.8 Å². The van der Waals surface area contributed by atoms with Crippen LogP contribution in [0.2, 0.25) is 0 Å². The Morgan fingerprint density at radius 3 is 2.88 bits per heavy atom. The third-order valence-corrected chi connectivity index (χ3v) is 2.54. The highest BCUT2D eigenvalue weighted by Crippen LogP contribution is 2.09. The fourth-order valence-electron chi connectivity index (χ4n) is 1.56. The molecule has 0 spiro atoms. The monoisotopic (exact) mass is 236 g/mol. The summed E-state index contributed by atoms with van der Waals surface area (Å²) in [5.41, 5.74) is 11.1. The summed E-state index contributed by atoms with van der Waals surface area (Å²) in [6, 6.07) is 5.34. The molecule has 5 N–H and O–H groups in total. The Morgan fingerprint density at radius 2 is 2.29 bits per heavy atom. The van der Waals surface area contributed by atoms with Gasteiger partial charge < -0.3 is 16.8 Å². The molecule has 1 aromatic heterocycles. The van der Waals surface area contributed by atoms with E-state index in [-0.39, 0.29) is 11.7 Å². The van der Waals surface area contributed by atoms with Crippen LogP contribution in [-0.4, -0.2) is 23.5 Å². The molecular weight excluding hydrogens is 216 g/mol. The minimum Gasteiger partial charge on any atom is -0.366 e. The summed E-state index contributed by atoms with van der Waals surface area (Å²) < 4.78 is 0. The zero-order valence-electron chi connectivity index (χ0n) is 10.1. The van der Waals surface area contributed by atoms with Crippen LogP contribution in [0.25, 0.3) is 0 Å². The number of carbonyl (C=O) groups is 1. The average Bonchev–Trinajstić information content (AvgIpc) is 2.34. The Balaban J connectivity index is 2.65. The van der Waals surface area contributed by atoms with Gasteiger partial charge in [0.2, 0.25) is 0 Å². The second-order valence-corrected chi connectivity index (χ2v) is 3.99. The number of nitrogens with two attached hydrogens (primary N) is 2. The van der Waals surface area contributed by atoms with Gasteiger partial charge in [-0.05, 0) is 18.6 Å². The number of nitrogens with one attached hydrogen (secondary N) is 1. The van der Waals surface area contributed by atoms with Gasteiger partial charge in [-0.15, -0.1) is 0 Å². The van der Waals surface area contributed by atoms with E-state index in [0.717, 1.165) is 19.3 Å². The third kappa shape index (κ3) is 4.40. The Kier molecular flexibility index (Phi) is 5.42. The molecule has 0 bridgehead atoms. The van der Waals surface area contributed by atoms with E-state index < -0.39 is 5.91 Å². The number of pyridine rings is 1. The van der Waals surface area contributed by atoms with Gasteiger partial charge in [-0.25, -0.2) is 4.98 Å². The quantitative estimate of drug-likeness (QED) is 0.661. The van der Waals surface area contributed by atoms with Crippen LogP contribution < -0.4 is 16.8 Å². The van der Waals surface area contributed by atoms with Gasteiger partial charge in [0.1, 0.15) is 11.5 Å². The number of amides is 1. The molecular formula is C12H20N4O. The first-order chi connectivity index (χ1) is 8.17. The van der Waals surface area contributed by atoms with Gasteiger partial charge in [0.25, 0.3) is 5.91 Å². The van der Waals surface area contributed by atoms with E-state index in [1.807, 2.05) is 0 Å². The molecule has 1 atom stereocenters. The van der Waals surface area contributed by atoms with Crippen molar-refractivity contribution in [3.05, 3.63) is 23.9 Å². The lowest BCUT2D eigenvalue weighted by molar-refractivity contribution is 0.0995. The summed E-state index contributed by atoms with van der Waals surface area (Å²) >= 11 is 0. The summed E-state index contributed by atoms with van der Waals surface area (Å²) in [6.07, 6.45) is 3.24. The van der Waals surface area contributed by atoms with Crippen molar-refractivity contribution >= 4 is 11.7 Å². The zero-order chi connectivity index (χ0) is 12.7. The first kappa shape index (κ1) is 13.4. The van der Waals surface area contributed by atoms with Gasteiger partial charge >= 0.3 is 0 Å². The van der Waals surface area contributed by atoms with Crippen molar-refractivity contribution in [1.82, 2.24) is 4.98 Å². The van der Waals surface area contributed by atoms with Crippen molar-refractivity contribution in [3.63, 3.8) is 0 Å². The van der Waals surface area contributed by atoms with E-state index in [4.69, 9.17) is 11.5 Å². The number of aromatic nitrogens is 1. The number of carbonyl (C=O) groups excluding carboxylic acids is 1. The van der Waals surface area contributed by atoms with E-state index in [1.165, 1.54) is 0 Å². The van der Waals surface area contributed by atoms with Crippen molar-refractivity contribution in [2.24, 2.45) is 11.5 Å². The fourth-order valence-corrected chi connectivity index (χ4v) is 1.56. The molecule has 0 fully saturated rings. The Bertz CT molecular complexity index is 367. The molecule has 0 aromatic carbocycles. The Morgan fingerprint density at radius 1 is 1.53 bits per heavy atom. The predicted octanol–water partition coefficient (Wildman–Crippen LogP) is 1.11. The number of hydrogen-bond donors (Lipinski definition) is 3. The smallest absolute Gasteiger partial charge is 0.267 e. The highest BCUT2D eigenvalue weighted by atomic mass is 16.1. The summed E-state index contributed by atoms with van der Waals surface area (Å²) in [5.74, 6) is 0.124. The van der Waals surface area contributed by atoms with E-state index in [9.17, 15) is 4.79 Å². The maximum absolute atomic E-state index is 11.0. The minimum atomic E-state index is -0.522. The number of rotatable bonds is 7. The van der Waals surface area contributed by atoms with Gasteiger partial charge in [-0.3, -0.25) is 4.79 Å². The molecule has 5 heteroatoms. The normalized spacial score (nSPS) is 12.1. The lowest BCUT2D eigenvalue weighted by Crippen LogP contribution is -2.29. The average molecular weight is 236 g/mol. The fraction of sp³-hybridized carbons (Fsp3) is 0.500. The summed E-state index contributed by atoms with van der Waals surface area (Å²) in [6.45, 7) is 2.68. The molecule has 1 amide bonds. The molecule has 17 heavy (non-hydrogen) atoms. The van der Waals surface area contributed by atoms with Crippen LogP contribution in [0, 0.1) is 0 Å². The van der Waals surface area contributed by atoms with Crippen molar-refractivity contribution in [2.45, 2.75) is 32.2 Å². The first-order valence-corrected chi connectivity index (χ1v) is 5.90. The summed E-state index contributed by atoms with van der Waals surface area (Å²) in [4.78, 5) is 15.1. The second-order valence-electron chi connectivity index (χ2n) is 3.99. The molecule has 0 aliphatic rings. The van der Waals surface area contributed by atoms with E-state index in [1.54, 1.807) is 18.2 Å². The molecule has 0 radical (unpaired) electrons. The SMILES string of the molecule is CCCCC(CN)Nc1cccc(C(N)=O)n1. The zero-order valence-corrected chi connectivity index (χ0v) is 10.1. The number of hydrogen-bond acceptors (Lipinski definition) is 4. The van der Waals surface area contributed by atoms with E-state index in [2.05, 4.69) is 17.2 Å². The van der Waals surface area contributed by atoms with Crippen molar-refractivity contribution in [2.75, 3.05) is 11.9 Å². The molecule has 0 aliphatic carbocycles. The Labute approximate surface area is 102 Å². The van der Waals surface area contributed by atoms with Gasteiger partial charge in [0, 0.05) is 12.6 Å². The van der Waals surface area contributed by atoms with Crippen LogP contribution in [0.4, 0.5) is 5.82 Å². The molecule has 1 heterocycles. The maximum Gasteiger partial charge on any atom is 0.267 e. The summed E-state index contributed by atoms with van der Waals surface area (Å²) in [7, 11) is 0. The van der Waals surface area contributed by atoms with Crippen LogP contribution in [-0.2, 0) is 0 Å². The van der Waals surface area contributed by atoms with E-state index >= 15 is 0 Å². The topological polar surface area (TPSA) is 94.0 Å². The van der Waals surface area contributed by atoms with Crippen molar-refractivity contribution < 1.29 is 4.79 Å². The van der Waals surface area contributed by atoms with Crippen LogP contribution in [0.15, 0.2) is 18.2 Å². The molecule has 5 nitrogen and oxygen atoms in total. The number of nitrogens with zero attached hydrogens (tertiary/aromatic N) is 1. The highest BCUT2D eigenvalue weighted by Gasteiger charge is 2.08. The molecule has 0 aliphatic heterocycles. The molecule has 1 unspecified atom stereocenters. The highest BCUT2D eigenvalue weighted by molar-refractivity contribution is 5.91. The van der Waals surface area contributed by atoms with Crippen LogP contribution in [0.1, 0.15) is 36.7 Å². The molecule has 0 saturated heterocycles. The molecule has 1 rings (SSSR count). The largest absolute Gasteiger partial charge is 0.366 e. The van der Waals surface area contributed by atoms with Crippen LogP contribution >= 0.6 is 0 Å². The number of unbranched alkanes of at least 4 members (excludes halogenated alkanes) is 1. The van der Waals surface area contributed by atoms with Crippen LogP contribution in [0.3, 0.4) is 0 Å². The number of anilines is 1. The second kappa shape index (κ2) is 6.85. The van der Waals surface area contributed by atoms with Crippen LogP contribution in [0.5, 0.6) is 0 Å². The van der Waals surface area contributed by atoms with Crippen molar-refractivity contribution in [3.8, 4) is 0 Å². The number of primary amides is 1. The predicted molar refractivity (Wildman–Crippen MR) is 68.7 cm³/mol. The van der Waals surface area contributed by atoms with E-state index in [0.29, 0.717) is 12.4 Å².